The first kappa shape index (κ1) is 32.5. The Balaban J connectivity index is 1.79. The molecule has 1 heterocycles. The van der Waals surface area contributed by atoms with E-state index in [1.165, 1.54) is 16.7 Å². The third-order valence-corrected chi connectivity index (χ3v) is 6.92. The molecule has 0 saturated carbocycles. The van der Waals surface area contributed by atoms with Crippen molar-refractivity contribution < 1.29 is 27.8 Å². The predicted octanol–water partition coefficient (Wildman–Crippen LogP) is 5.53. The molecular formula is C34H34F3N3O4. The fraction of sp³-hybridized carbons (Fsp3) is 0.324. The van der Waals surface area contributed by atoms with Crippen LogP contribution in [0, 0.1) is 11.8 Å². The Morgan fingerprint density at radius 1 is 1.00 bits per heavy atom. The minimum Gasteiger partial charge on any atom is -0.382 e. The van der Waals surface area contributed by atoms with Crippen molar-refractivity contribution in [3.63, 3.8) is 0 Å². The van der Waals surface area contributed by atoms with Crippen LogP contribution in [0.25, 0.3) is 16.6 Å². The predicted molar refractivity (Wildman–Crippen MR) is 162 cm³/mol. The van der Waals surface area contributed by atoms with E-state index in [-0.39, 0.29) is 30.8 Å². The topological polar surface area (TPSA) is 93.5 Å². The zero-order valence-electron chi connectivity index (χ0n) is 25.0. The molecule has 0 aliphatic rings. The largest absolute Gasteiger partial charge is 0.416 e. The number of carbonyl (C=O) groups excluding carboxylic acids is 1. The Morgan fingerprint density at radius 2 is 1.66 bits per heavy atom. The van der Waals surface area contributed by atoms with E-state index in [9.17, 15) is 27.9 Å². The average Bonchev–Trinajstić information content (AvgIpc) is 2.96. The maximum absolute atomic E-state index is 14.0. The molecular weight excluding hydrogens is 571 g/mol. The zero-order chi connectivity index (χ0) is 32.1. The van der Waals surface area contributed by atoms with E-state index < -0.39 is 28.8 Å². The van der Waals surface area contributed by atoms with E-state index >= 15 is 0 Å². The second-order valence-electron chi connectivity index (χ2n) is 11.1. The van der Waals surface area contributed by atoms with Crippen LogP contribution in [-0.2, 0) is 27.7 Å². The number of carbonyl (C=O) groups is 1. The Morgan fingerprint density at radius 3 is 2.27 bits per heavy atom. The first-order chi connectivity index (χ1) is 20.7. The van der Waals surface area contributed by atoms with Crippen LogP contribution in [0.15, 0.2) is 77.6 Å². The van der Waals surface area contributed by atoms with Crippen molar-refractivity contribution in [2.45, 2.75) is 57.9 Å². The molecule has 0 aliphatic heterocycles. The SMILES string of the molecule is CCOCCC(C)(NC(=O)Cc1ccc(C(F)(F)F)cc1)c1nc2ccccc2c(=O)n1-c1ccc(C#CC(C)(C)O)cc1. The molecule has 4 aromatic rings. The molecule has 0 aliphatic carbocycles. The molecule has 2 N–H and O–H groups in total. The lowest BCUT2D eigenvalue weighted by Crippen LogP contribution is -2.48. The number of amides is 1. The number of hydrogen-bond acceptors (Lipinski definition) is 5. The molecule has 1 amide bonds. The minimum absolute atomic E-state index is 0.186. The van der Waals surface area contributed by atoms with E-state index in [2.05, 4.69) is 17.2 Å². The van der Waals surface area contributed by atoms with E-state index in [0.717, 1.165) is 12.1 Å². The maximum atomic E-state index is 14.0. The molecule has 1 aromatic heterocycles. The number of aliphatic hydroxyl groups is 1. The number of nitrogens with zero attached hydrogens (tertiary/aromatic N) is 2. The lowest BCUT2D eigenvalue weighted by Gasteiger charge is -2.32. The van der Waals surface area contributed by atoms with Crippen LogP contribution >= 0.6 is 0 Å². The zero-order valence-corrected chi connectivity index (χ0v) is 25.0. The molecule has 3 aromatic carbocycles. The van der Waals surface area contributed by atoms with Gasteiger partial charge in [0.15, 0.2) is 0 Å². The summed E-state index contributed by atoms with van der Waals surface area (Å²) in [6.45, 7) is 7.41. The van der Waals surface area contributed by atoms with Gasteiger partial charge in [-0.2, -0.15) is 13.2 Å². The van der Waals surface area contributed by atoms with Crippen LogP contribution in [0.4, 0.5) is 13.2 Å². The van der Waals surface area contributed by atoms with Gasteiger partial charge in [-0.1, -0.05) is 36.1 Å². The third kappa shape index (κ3) is 7.92. The van der Waals surface area contributed by atoms with E-state index in [1.54, 1.807) is 69.3 Å². The standard InChI is InChI=1S/C34H34F3N3O4/c1-5-44-21-20-33(4,39-29(41)22-24-10-14-25(15-11-24)34(35,36)37)31-38-28-9-7-6-8-27(28)30(42)40(31)26-16-12-23(13-17-26)18-19-32(2,3)43/h6-17,43H,5,20-22H2,1-4H3,(H,39,41). The lowest BCUT2D eigenvalue weighted by molar-refractivity contribution is -0.137. The van der Waals surface area contributed by atoms with Crippen molar-refractivity contribution in [1.29, 1.82) is 0 Å². The summed E-state index contributed by atoms with van der Waals surface area (Å²) in [5.74, 6) is 5.46. The maximum Gasteiger partial charge on any atom is 0.416 e. The highest BCUT2D eigenvalue weighted by atomic mass is 19.4. The van der Waals surface area contributed by atoms with Gasteiger partial charge in [-0.25, -0.2) is 4.98 Å². The quantitative estimate of drug-likeness (QED) is 0.193. The van der Waals surface area contributed by atoms with Crippen molar-refractivity contribution >= 4 is 16.8 Å². The van der Waals surface area contributed by atoms with Crippen LogP contribution in [0.5, 0.6) is 0 Å². The van der Waals surface area contributed by atoms with E-state index in [1.807, 2.05) is 6.92 Å². The minimum atomic E-state index is -4.48. The highest BCUT2D eigenvalue weighted by molar-refractivity contribution is 5.80. The van der Waals surface area contributed by atoms with Gasteiger partial charge in [-0.15, -0.1) is 0 Å². The molecule has 0 fully saturated rings. The van der Waals surface area contributed by atoms with Gasteiger partial charge in [0.2, 0.25) is 5.91 Å². The molecule has 1 unspecified atom stereocenters. The highest BCUT2D eigenvalue weighted by Gasteiger charge is 2.35. The van der Waals surface area contributed by atoms with Crippen LogP contribution in [0.1, 0.15) is 56.6 Å². The molecule has 0 saturated heterocycles. The molecule has 0 bridgehead atoms. The summed E-state index contributed by atoms with van der Waals surface area (Å²) < 4.78 is 46.1. The van der Waals surface area contributed by atoms with Crippen molar-refractivity contribution in [2.24, 2.45) is 0 Å². The summed E-state index contributed by atoms with van der Waals surface area (Å²) in [4.78, 5) is 32.2. The van der Waals surface area contributed by atoms with Gasteiger partial charge < -0.3 is 15.2 Å². The number of benzene rings is 3. The second-order valence-corrected chi connectivity index (χ2v) is 11.1. The normalized spacial score (nSPS) is 13.2. The Labute approximate surface area is 253 Å². The van der Waals surface area contributed by atoms with Crippen LogP contribution in [-0.4, -0.2) is 39.4 Å². The monoisotopic (exact) mass is 605 g/mol. The highest BCUT2D eigenvalue weighted by Crippen LogP contribution is 2.30. The third-order valence-electron chi connectivity index (χ3n) is 6.92. The smallest absolute Gasteiger partial charge is 0.382 e. The molecule has 0 spiro atoms. The molecule has 0 radical (unpaired) electrons. The Hall–Kier alpha value is -4.46. The summed E-state index contributed by atoms with van der Waals surface area (Å²) in [5, 5.41) is 13.3. The molecule has 4 rings (SSSR count). The van der Waals surface area contributed by atoms with Crippen molar-refractivity contribution in [3.8, 4) is 17.5 Å². The summed E-state index contributed by atoms with van der Waals surface area (Å²) >= 11 is 0. The summed E-state index contributed by atoms with van der Waals surface area (Å²) in [6.07, 6.45) is -4.42. The average molecular weight is 606 g/mol. The van der Waals surface area contributed by atoms with Crippen molar-refractivity contribution in [1.82, 2.24) is 14.9 Å². The number of para-hydroxylation sites is 1. The van der Waals surface area contributed by atoms with Crippen LogP contribution < -0.4 is 10.9 Å². The van der Waals surface area contributed by atoms with Crippen molar-refractivity contribution in [3.05, 3.63) is 106 Å². The van der Waals surface area contributed by atoms with Gasteiger partial charge >= 0.3 is 6.18 Å². The molecule has 7 nitrogen and oxygen atoms in total. The summed E-state index contributed by atoms with van der Waals surface area (Å²) in [7, 11) is 0. The first-order valence-electron chi connectivity index (χ1n) is 14.1. The molecule has 44 heavy (non-hydrogen) atoms. The molecule has 1 atom stereocenters. The molecule has 230 valence electrons. The van der Waals surface area contributed by atoms with E-state index in [4.69, 9.17) is 9.72 Å². The number of aromatic nitrogens is 2. The number of ether oxygens (including phenoxy) is 1. The van der Waals surface area contributed by atoms with Gasteiger partial charge in [0, 0.05) is 25.2 Å². The van der Waals surface area contributed by atoms with Gasteiger partial charge in [-0.05, 0) is 81.8 Å². The summed E-state index contributed by atoms with van der Waals surface area (Å²) in [6, 6.07) is 18.2. The summed E-state index contributed by atoms with van der Waals surface area (Å²) in [5.41, 5.74) is -1.59. The van der Waals surface area contributed by atoms with E-state index in [0.29, 0.717) is 34.3 Å². The number of alkyl halides is 3. The number of halogens is 3. The van der Waals surface area contributed by atoms with Gasteiger partial charge in [0.05, 0.1) is 34.1 Å². The number of rotatable bonds is 9. The van der Waals surface area contributed by atoms with Gasteiger partial charge in [0.25, 0.3) is 5.56 Å². The van der Waals surface area contributed by atoms with Gasteiger partial charge in [-0.3, -0.25) is 14.2 Å². The first-order valence-corrected chi connectivity index (χ1v) is 14.1. The Kier molecular flexibility index (Phi) is 9.62. The van der Waals surface area contributed by atoms with Crippen LogP contribution in [0.3, 0.4) is 0 Å². The number of hydrogen-bond donors (Lipinski definition) is 2. The van der Waals surface area contributed by atoms with Crippen LogP contribution in [0.2, 0.25) is 0 Å². The van der Waals surface area contributed by atoms with Gasteiger partial charge in [0.1, 0.15) is 11.4 Å². The fourth-order valence-corrected chi connectivity index (χ4v) is 4.66. The lowest BCUT2D eigenvalue weighted by atomic mass is 9.94. The second kappa shape index (κ2) is 13.0. The molecule has 10 heteroatoms. The number of fused-ring (bicyclic) bond motifs is 1. The number of nitrogens with one attached hydrogen (secondary N) is 1. The fourth-order valence-electron chi connectivity index (χ4n) is 4.66. The Bertz CT molecular complexity index is 1750. The van der Waals surface area contributed by atoms with Crippen molar-refractivity contribution in [2.75, 3.05) is 13.2 Å².